The summed E-state index contributed by atoms with van der Waals surface area (Å²) in [7, 11) is 0. The van der Waals surface area contributed by atoms with E-state index in [9.17, 15) is 39.6 Å². The monoisotopic (exact) mass is 482 g/mol. The van der Waals surface area contributed by atoms with Crippen molar-refractivity contribution in [3.05, 3.63) is 29.8 Å². The Bertz CT molecular complexity index is 857. The van der Waals surface area contributed by atoms with E-state index in [0.717, 1.165) is 0 Å². The normalized spacial score (nSPS) is 16.5. The number of benzene rings is 1. The third-order valence-corrected chi connectivity index (χ3v) is 5.08. The number of aliphatic hydroxyl groups excluding tert-OH is 2. The van der Waals surface area contributed by atoms with E-state index in [0.29, 0.717) is 5.56 Å². The molecule has 1 rings (SSSR count). The smallest absolute Gasteiger partial charge is 0.326 e. The lowest BCUT2D eigenvalue weighted by Gasteiger charge is -2.28. The summed E-state index contributed by atoms with van der Waals surface area (Å²) >= 11 is 0. The van der Waals surface area contributed by atoms with Crippen LogP contribution in [0.2, 0.25) is 0 Å². The van der Waals surface area contributed by atoms with E-state index in [-0.39, 0.29) is 12.2 Å². The Morgan fingerprint density at radius 3 is 1.59 bits per heavy atom. The molecule has 9 N–H and O–H groups in total. The lowest BCUT2D eigenvalue weighted by molar-refractivity contribution is -0.144. The van der Waals surface area contributed by atoms with Crippen molar-refractivity contribution in [1.82, 2.24) is 16.0 Å². The highest BCUT2D eigenvalue weighted by molar-refractivity contribution is 5.94. The average Bonchev–Trinajstić information content (AvgIpc) is 2.74. The minimum atomic E-state index is -1.54. The molecule has 0 saturated heterocycles. The molecule has 0 heterocycles. The van der Waals surface area contributed by atoms with Crippen molar-refractivity contribution in [1.29, 1.82) is 0 Å². The van der Waals surface area contributed by atoms with Gasteiger partial charge in [-0.05, 0) is 43.9 Å². The minimum absolute atomic E-state index is 0.0485. The molecule has 0 radical (unpaired) electrons. The van der Waals surface area contributed by atoms with E-state index in [4.69, 9.17) is 5.73 Å². The second-order valence-corrected chi connectivity index (χ2v) is 8.50. The first-order chi connectivity index (χ1) is 15.7. The average molecular weight is 483 g/mol. The maximum Gasteiger partial charge on any atom is 0.326 e. The Balaban J connectivity index is 2.89. The number of hydrogen-bond acceptors (Lipinski definition) is 8. The number of carbonyl (C=O) groups is 4. The number of phenols is 1. The molecule has 1 aromatic rings. The molecule has 0 bridgehead atoms. The van der Waals surface area contributed by atoms with Gasteiger partial charge in [0.25, 0.3) is 0 Å². The number of carboxylic acid groups (broad SMARTS) is 1. The van der Waals surface area contributed by atoms with Crippen LogP contribution in [0, 0.1) is 5.92 Å². The Labute approximate surface area is 197 Å². The van der Waals surface area contributed by atoms with E-state index in [1.807, 2.05) is 0 Å². The summed E-state index contributed by atoms with van der Waals surface area (Å²) in [4.78, 5) is 49.2. The lowest BCUT2D eigenvalue weighted by Crippen LogP contribution is -2.62. The maximum absolute atomic E-state index is 12.7. The molecule has 0 aliphatic carbocycles. The van der Waals surface area contributed by atoms with Crippen LogP contribution in [0.25, 0.3) is 0 Å². The molecule has 12 nitrogen and oxygen atoms in total. The maximum atomic E-state index is 12.7. The molecule has 0 spiro atoms. The molecule has 190 valence electrons. The van der Waals surface area contributed by atoms with Gasteiger partial charge in [0.2, 0.25) is 17.7 Å². The zero-order valence-corrected chi connectivity index (χ0v) is 19.6. The first-order valence-electron chi connectivity index (χ1n) is 10.8. The number of aliphatic hydroxyl groups is 2. The predicted molar refractivity (Wildman–Crippen MR) is 121 cm³/mol. The Morgan fingerprint density at radius 2 is 1.21 bits per heavy atom. The Kier molecular flexibility index (Phi) is 10.9. The quantitative estimate of drug-likeness (QED) is 0.169. The van der Waals surface area contributed by atoms with Crippen LogP contribution in [0.3, 0.4) is 0 Å². The second-order valence-electron chi connectivity index (χ2n) is 8.50. The summed E-state index contributed by atoms with van der Waals surface area (Å²) in [5.41, 5.74) is 6.55. The third-order valence-electron chi connectivity index (χ3n) is 5.08. The Hall–Kier alpha value is -3.22. The number of nitrogens with two attached hydrogens (primary N) is 1. The first kappa shape index (κ1) is 28.8. The highest BCUT2D eigenvalue weighted by atomic mass is 16.4. The summed E-state index contributed by atoms with van der Waals surface area (Å²) in [6, 6.07) is 0.629. The van der Waals surface area contributed by atoms with E-state index in [1.54, 1.807) is 26.0 Å². The van der Waals surface area contributed by atoms with Gasteiger partial charge < -0.3 is 42.1 Å². The van der Waals surface area contributed by atoms with Crippen LogP contribution in [0.4, 0.5) is 0 Å². The van der Waals surface area contributed by atoms with Gasteiger partial charge in [0.15, 0.2) is 0 Å². The predicted octanol–water partition coefficient (Wildman–Crippen LogP) is -1.78. The third kappa shape index (κ3) is 8.61. The molecule has 0 aliphatic heterocycles. The molecule has 34 heavy (non-hydrogen) atoms. The number of carboxylic acids is 1. The van der Waals surface area contributed by atoms with Crippen LogP contribution in [-0.2, 0) is 25.6 Å². The fourth-order valence-electron chi connectivity index (χ4n) is 3.05. The molecular weight excluding hydrogens is 448 g/mol. The van der Waals surface area contributed by atoms with Crippen molar-refractivity contribution in [2.24, 2.45) is 11.7 Å². The fourth-order valence-corrected chi connectivity index (χ4v) is 3.05. The van der Waals surface area contributed by atoms with Crippen molar-refractivity contribution >= 4 is 23.7 Å². The van der Waals surface area contributed by atoms with E-state index in [1.165, 1.54) is 26.0 Å². The first-order valence-corrected chi connectivity index (χ1v) is 10.8. The van der Waals surface area contributed by atoms with Gasteiger partial charge in [-0.25, -0.2) is 4.79 Å². The molecule has 6 atom stereocenters. The van der Waals surface area contributed by atoms with Gasteiger partial charge >= 0.3 is 5.97 Å². The zero-order chi connectivity index (χ0) is 26.2. The highest BCUT2D eigenvalue weighted by Crippen LogP contribution is 2.11. The van der Waals surface area contributed by atoms with Crippen molar-refractivity contribution in [3.8, 4) is 5.75 Å². The van der Waals surface area contributed by atoms with Crippen LogP contribution in [0.5, 0.6) is 5.75 Å². The molecule has 0 fully saturated rings. The minimum Gasteiger partial charge on any atom is -0.508 e. The fraction of sp³-hybridized carbons (Fsp3) is 0.545. The van der Waals surface area contributed by atoms with Crippen LogP contribution >= 0.6 is 0 Å². The molecule has 0 aromatic heterocycles. The number of aromatic hydroxyl groups is 1. The topological polar surface area (TPSA) is 211 Å². The van der Waals surface area contributed by atoms with E-state index >= 15 is 0 Å². The van der Waals surface area contributed by atoms with Gasteiger partial charge in [-0.3, -0.25) is 14.4 Å². The SMILES string of the molecule is CC(C)C(NC(=O)C(NC(=O)C(NC(=O)C(N)Cc1ccc(O)cc1)C(C)O)C(C)O)C(=O)O. The number of carbonyl (C=O) groups excluding carboxylic acids is 3. The number of amides is 3. The lowest BCUT2D eigenvalue weighted by atomic mass is 10.0. The van der Waals surface area contributed by atoms with Gasteiger partial charge in [-0.2, -0.15) is 0 Å². The van der Waals surface area contributed by atoms with Crippen LogP contribution < -0.4 is 21.7 Å². The molecule has 0 saturated carbocycles. The molecular formula is C22H34N4O8. The Morgan fingerprint density at radius 1 is 0.794 bits per heavy atom. The van der Waals surface area contributed by atoms with Crippen LogP contribution in [-0.4, -0.2) is 80.5 Å². The summed E-state index contributed by atoms with van der Waals surface area (Å²) in [5, 5.41) is 45.4. The number of aliphatic carboxylic acids is 1. The van der Waals surface area contributed by atoms with Crippen molar-refractivity contribution in [2.45, 2.75) is 70.5 Å². The number of phenolic OH excluding ortho intramolecular Hbond substituents is 1. The van der Waals surface area contributed by atoms with Crippen molar-refractivity contribution in [2.75, 3.05) is 0 Å². The second kappa shape index (κ2) is 12.9. The van der Waals surface area contributed by atoms with E-state index < -0.39 is 66.0 Å². The largest absolute Gasteiger partial charge is 0.508 e. The standard InChI is InChI=1S/C22H34N4O8/c1-10(2)16(22(33)34)24-20(31)18(12(4)28)26-21(32)17(11(3)27)25-19(30)15(23)9-13-5-7-14(29)8-6-13/h5-8,10-12,15-18,27-29H,9,23H2,1-4H3,(H,24,31)(H,25,30)(H,26,32)(H,33,34). The summed E-state index contributed by atoms with van der Waals surface area (Å²) in [6.07, 6.45) is -2.71. The van der Waals surface area contributed by atoms with Gasteiger partial charge in [0.05, 0.1) is 18.2 Å². The summed E-state index contributed by atoms with van der Waals surface area (Å²) < 4.78 is 0. The molecule has 1 aromatic carbocycles. The van der Waals surface area contributed by atoms with Gasteiger partial charge in [0, 0.05) is 0 Å². The van der Waals surface area contributed by atoms with E-state index in [2.05, 4.69) is 16.0 Å². The molecule has 12 heteroatoms. The molecule has 0 aliphatic rings. The van der Waals surface area contributed by atoms with Gasteiger partial charge in [0.1, 0.15) is 23.9 Å². The number of hydrogen-bond donors (Lipinski definition) is 8. The molecule has 3 amide bonds. The number of rotatable bonds is 12. The zero-order valence-electron chi connectivity index (χ0n) is 19.6. The number of nitrogens with one attached hydrogen (secondary N) is 3. The molecule has 6 unspecified atom stereocenters. The summed E-state index contributed by atoms with van der Waals surface area (Å²) in [6.45, 7) is 5.62. The van der Waals surface area contributed by atoms with Crippen LogP contribution in [0.15, 0.2) is 24.3 Å². The highest BCUT2D eigenvalue weighted by Gasteiger charge is 2.34. The van der Waals surface area contributed by atoms with Crippen LogP contribution in [0.1, 0.15) is 33.3 Å². The summed E-state index contributed by atoms with van der Waals surface area (Å²) in [5.74, 6) is -4.37. The van der Waals surface area contributed by atoms with Gasteiger partial charge in [-0.1, -0.05) is 26.0 Å². The van der Waals surface area contributed by atoms with Crippen molar-refractivity contribution < 1.29 is 39.6 Å². The van der Waals surface area contributed by atoms with Crippen molar-refractivity contribution in [3.63, 3.8) is 0 Å². The van der Waals surface area contributed by atoms with Gasteiger partial charge in [-0.15, -0.1) is 0 Å².